The Hall–Kier alpha value is -3.52. The maximum atomic E-state index is 13.6. The summed E-state index contributed by atoms with van der Waals surface area (Å²) < 4.78 is 1.67. The Morgan fingerprint density at radius 1 is 0.966 bits per heavy atom. The van der Waals surface area contributed by atoms with Gasteiger partial charge >= 0.3 is 0 Å². The van der Waals surface area contributed by atoms with Gasteiger partial charge in [-0.15, -0.1) is 0 Å². The van der Waals surface area contributed by atoms with Crippen molar-refractivity contribution >= 4 is 33.8 Å². The normalized spacial score (nSPS) is 11.4. The molecule has 0 bridgehead atoms. The predicted octanol–water partition coefficient (Wildman–Crippen LogP) is 3.82. The molecule has 5 aromatic rings. The SMILES string of the molecule is Cc1ccccc1-n1c(Sc2ncnc3nc[nH]c23)nc2cccc(C)c2c1=O. The first-order valence-corrected chi connectivity index (χ1v) is 9.85. The molecule has 0 spiro atoms. The lowest BCUT2D eigenvalue weighted by molar-refractivity contribution is 0.812. The number of nitrogens with one attached hydrogen (secondary N) is 1. The van der Waals surface area contributed by atoms with Crippen LogP contribution in [0.15, 0.2) is 70.1 Å². The maximum absolute atomic E-state index is 13.6. The number of hydrogen-bond acceptors (Lipinski definition) is 6. The van der Waals surface area contributed by atoms with E-state index < -0.39 is 0 Å². The van der Waals surface area contributed by atoms with Gasteiger partial charge in [0.25, 0.3) is 5.56 Å². The second-order valence-electron chi connectivity index (χ2n) is 6.67. The number of rotatable bonds is 3. The molecular formula is C21H16N6OS. The number of H-pyrrole nitrogens is 1. The minimum atomic E-state index is -0.0974. The molecule has 0 saturated heterocycles. The van der Waals surface area contributed by atoms with Crippen molar-refractivity contribution in [2.75, 3.05) is 0 Å². The van der Waals surface area contributed by atoms with Crippen molar-refractivity contribution < 1.29 is 0 Å². The third kappa shape index (κ3) is 2.89. The summed E-state index contributed by atoms with van der Waals surface area (Å²) in [5, 5.41) is 1.82. The van der Waals surface area contributed by atoms with Crippen LogP contribution in [0.4, 0.5) is 0 Å². The van der Waals surface area contributed by atoms with E-state index >= 15 is 0 Å². The van der Waals surface area contributed by atoms with Crippen molar-refractivity contribution in [2.45, 2.75) is 24.0 Å². The molecule has 0 aliphatic heterocycles. The highest BCUT2D eigenvalue weighted by molar-refractivity contribution is 7.99. The summed E-state index contributed by atoms with van der Waals surface area (Å²) in [6, 6.07) is 13.5. The highest BCUT2D eigenvalue weighted by Crippen LogP contribution is 2.31. The van der Waals surface area contributed by atoms with E-state index in [1.54, 1.807) is 10.9 Å². The van der Waals surface area contributed by atoms with Gasteiger partial charge in [-0.3, -0.25) is 9.36 Å². The zero-order valence-electron chi connectivity index (χ0n) is 15.7. The van der Waals surface area contributed by atoms with Crippen molar-refractivity contribution in [1.29, 1.82) is 0 Å². The number of nitrogens with zero attached hydrogens (tertiary/aromatic N) is 5. The van der Waals surface area contributed by atoms with Crippen LogP contribution in [0, 0.1) is 13.8 Å². The molecule has 0 aliphatic rings. The third-order valence-corrected chi connectivity index (χ3v) is 5.77. The number of aryl methyl sites for hydroxylation is 2. The molecule has 3 heterocycles. The van der Waals surface area contributed by atoms with Gasteiger partial charge in [-0.25, -0.2) is 19.9 Å². The van der Waals surface area contributed by atoms with E-state index in [1.807, 2.05) is 56.3 Å². The maximum Gasteiger partial charge on any atom is 0.266 e. The molecule has 0 aliphatic carbocycles. The fourth-order valence-electron chi connectivity index (χ4n) is 3.38. The zero-order valence-corrected chi connectivity index (χ0v) is 16.6. The number of imidazole rings is 1. The molecule has 0 radical (unpaired) electrons. The second kappa shape index (κ2) is 6.82. The number of aromatic nitrogens is 6. The Kier molecular flexibility index (Phi) is 4.13. The molecule has 7 nitrogen and oxygen atoms in total. The quantitative estimate of drug-likeness (QED) is 0.366. The second-order valence-corrected chi connectivity index (χ2v) is 7.63. The van der Waals surface area contributed by atoms with E-state index in [0.29, 0.717) is 32.2 Å². The first-order valence-electron chi connectivity index (χ1n) is 9.04. The Labute approximate surface area is 169 Å². The summed E-state index contributed by atoms with van der Waals surface area (Å²) in [5.74, 6) is 0. The molecule has 8 heteroatoms. The molecule has 29 heavy (non-hydrogen) atoms. The lowest BCUT2D eigenvalue weighted by Crippen LogP contribution is -2.23. The molecule has 0 saturated carbocycles. The molecule has 0 unspecified atom stereocenters. The Morgan fingerprint density at radius 2 is 1.79 bits per heavy atom. The van der Waals surface area contributed by atoms with Crippen LogP contribution < -0.4 is 5.56 Å². The Balaban J connectivity index is 1.82. The summed E-state index contributed by atoms with van der Waals surface area (Å²) in [5.41, 5.74) is 4.54. The van der Waals surface area contributed by atoms with Crippen LogP contribution in [0.3, 0.4) is 0 Å². The number of fused-ring (bicyclic) bond motifs is 2. The number of aromatic amines is 1. The molecule has 3 aromatic heterocycles. The van der Waals surface area contributed by atoms with Gasteiger partial charge in [0, 0.05) is 0 Å². The average Bonchev–Trinajstić information content (AvgIpc) is 3.19. The molecule has 5 rings (SSSR count). The van der Waals surface area contributed by atoms with Crippen molar-refractivity contribution in [2.24, 2.45) is 0 Å². The van der Waals surface area contributed by atoms with E-state index in [2.05, 4.69) is 19.9 Å². The topological polar surface area (TPSA) is 89.3 Å². The lowest BCUT2D eigenvalue weighted by atomic mass is 10.1. The number of hydrogen-bond donors (Lipinski definition) is 1. The number of benzene rings is 2. The molecule has 2 aromatic carbocycles. The van der Waals surface area contributed by atoms with Crippen LogP contribution >= 0.6 is 11.8 Å². The molecule has 0 fully saturated rings. The van der Waals surface area contributed by atoms with Gasteiger partial charge in [0.1, 0.15) is 16.9 Å². The summed E-state index contributed by atoms with van der Waals surface area (Å²) in [6.45, 7) is 3.91. The minimum absolute atomic E-state index is 0.0974. The zero-order chi connectivity index (χ0) is 20.0. The van der Waals surface area contributed by atoms with Gasteiger partial charge in [0.2, 0.25) is 0 Å². The summed E-state index contributed by atoms with van der Waals surface area (Å²) in [7, 11) is 0. The van der Waals surface area contributed by atoms with Crippen LogP contribution in [-0.4, -0.2) is 29.5 Å². The van der Waals surface area contributed by atoms with Crippen molar-refractivity contribution in [3.05, 3.63) is 76.6 Å². The fourth-order valence-corrected chi connectivity index (χ4v) is 4.32. The summed E-state index contributed by atoms with van der Waals surface area (Å²) in [4.78, 5) is 34.2. The molecule has 142 valence electrons. The van der Waals surface area contributed by atoms with Crippen LogP contribution in [0.25, 0.3) is 27.8 Å². The predicted molar refractivity (Wildman–Crippen MR) is 113 cm³/mol. The number of para-hydroxylation sites is 1. The standard InChI is InChI=1S/C21H16N6OS/c1-12-6-3-4-9-15(12)27-20(28)16-13(2)7-5-8-14(16)26-21(27)29-19-17-18(23-10-22-17)24-11-25-19/h3-11H,1-2H3,(H,22,23,24,25). The van der Waals surface area contributed by atoms with E-state index in [-0.39, 0.29) is 5.56 Å². The third-order valence-electron chi connectivity index (χ3n) is 4.81. The molecule has 1 N–H and O–H groups in total. The van der Waals surface area contributed by atoms with Gasteiger partial charge in [0.05, 0.1) is 22.9 Å². The molecular weight excluding hydrogens is 384 g/mol. The van der Waals surface area contributed by atoms with Crippen LogP contribution in [0.2, 0.25) is 0 Å². The van der Waals surface area contributed by atoms with Crippen LogP contribution in [0.5, 0.6) is 0 Å². The van der Waals surface area contributed by atoms with Gasteiger partial charge in [-0.05, 0) is 48.9 Å². The summed E-state index contributed by atoms with van der Waals surface area (Å²) >= 11 is 1.32. The first kappa shape index (κ1) is 17.6. The average molecular weight is 400 g/mol. The van der Waals surface area contributed by atoms with Crippen LogP contribution in [0.1, 0.15) is 11.1 Å². The van der Waals surface area contributed by atoms with Gasteiger partial charge in [0.15, 0.2) is 10.8 Å². The highest BCUT2D eigenvalue weighted by atomic mass is 32.2. The van der Waals surface area contributed by atoms with Gasteiger partial charge in [-0.2, -0.15) is 0 Å². The van der Waals surface area contributed by atoms with E-state index in [4.69, 9.17) is 4.98 Å². The largest absolute Gasteiger partial charge is 0.341 e. The fraction of sp³-hybridized carbons (Fsp3) is 0.0952. The molecule has 0 amide bonds. The summed E-state index contributed by atoms with van der Waals surface area (Å²) in [6.07, 6.45) is 3.04. The Bertz CT molecular complexity index is 1440. The van der Waals surface area contributed by atoms with Gasteiger partial charge < -0.3 is 4.98 Å². The van der Waals surface area contributed by atoms with Crippen molar-refractivity contribution in [3.8, 4) is 5.69 Å². The van der Waals surface area contributed by atoms with E-state index in [9.17, 15) is 4.79 Å². The lowest BCUT2D eigenvalue weighted by Gasteiger charge is -2.15. The molecule has 0 atom stereocenters. The van der Waals surface area contributed by atoms with Crippen molar-refractivity contribution in [1.82, 2.24) is 29.5 Å². The van der Waals surface area contributed by atoms with E-state index in [0.717, 1.165) is 16.8 Å². The van der Waals surface area contributed by atoms with Crippen LogP contribution in [-0.2, 0) is 0 Å². The Morgan fingerprint density at radius 3 is 2.66 bits per heavy atom. The first-order chi connectivity index (χ1) is 14.1. The van der Waals surface area contributed by atoms with Gasteiger partial charge in [-0.1, -0.05) is 30.3 Å². The smallest absolute Gasteiger partial charge is 0.266 e. The monoisotopic (exact) mass is 400 g/mol. The van der Waals surface area contributed by atoms with E-state index in [1.165, 1.54) is 18.1 Å². The minimum Gasteiger partial charge on any atom is -0.341 e. The van der Waals surface area contributed by atoms with Crippen molar-refractivity contribution in [3.63, 3.8) is 0 Å². The highest BCUT2D eigenvalue weighted by Gasteiger charge is 2.18.